The third-order valence-electron chi connectivity index (χ3n) is 4.19. The van der Waals surface area contributed by atoms with Crippen molar-refractivity contribution in [1.82, 2.24) is 9.80 Å². The Morgan fingerprint density at radius 2 is 1.85 bits per heavy atom. The zero-order chi connectivity index (χ0) is 14.7. The number of hydrogen-bond donors (Lipinski definition) is 3. The summed E-state index contributed by atoms with van der Waals surface area (Å²) in [5, 5.41) is 28.1. The van der Waals surface area contributed by atoms with Gasteiger partial charge in [0.2, 0.25) is 0 Å². The summed E-state index contributed by atoms with van der Waals surface area (Å²) in [4.78, 5) is 25.2. The molecule has 3 N–H and O–H groups in total. The molecule has 0 spiro atoms. The van der Waals surface area contributed by atoms with E-state index >= 15 is 0 Å². The minimum absolute atomic E-state index is 0.0789. The van der Waals surface area contributed by atoms with Gasteiger partial charge in [0, 0.05) is 13.1 Å². The molecule has 0 radical (unpaired) electrons. The Kier molecular flexibility index (Phi) is 4.82. The van der Waals surface area contributed by atoms with Crippen LogP contribution in [0.15, 0.2) is 0 Å². The van der Waals surface area contributed by atoms with Gasteiger partial charge < -0.3 is 20.2 Å². The first-order valence-corrected chi connectivity index (χ1v) is 7.10. The number of amides is 1. The summed E-state index contributed by atoms with van der Waals surface area (Å²) in [6, 6.07) is -0.975. The summed E-state index contributed by atoms with van der Waals surface area (Å²) < 4.78 is 0. The van der Waals surface area contributed by atoms with E-state index in [1.807, 2.05) is 0 Å². The molecule has 0 aromatic heterocycles. The lowest BCUT2D eigenvalue weighted by molar-refractivity contribution is -0.141. The van der Waals surface area contributed by atoms with Crippen LogP contribution in [0.25, 0.3) is 0 Å². The number of carboxylic acid groups (broad SMARTS) is 2. The highest BCUT2D eigenvalue weighted by molar-refractivity contribution is 5.80. The van der Waals surface area contributed by atoms with Gasteiger partial charge >= 0.3 is 12.1 Å². The second-order valence-corrected chi connectivity index (χ2v) is 5.79. The van der Waals surface area contributed by atoms with E-state index < -0.39 is 24.2 Å². The molecular weight excluding hydrogens is 264 g/mol. The molecule has 114 valence electrons. The van der Waals surface area contributed by atoms with Crippen LogP contribution in [0, 0.1) is 5.92 Å². The Morgan fingerprint density at radius 3 is 2.35 bits per heavy atom. The molecule has 7 nitrogen and oxygen atoms in total. The fourth-order valence-corrected chi connectivity index (χ4v) is 3.26. The predicted octanol–water partition coefficient (Wildman–Crippen LogP) is 0.286. The molecule has 20 heavy (non-hydrogen) atoms. The van der Waals surface area contributed by atoms with Gasteiger partial charge in [-0.15, -0.1) is 0 Å². The van der Waals surface area contributed by atoms with E-state index in [9.17, 15) is 14.7 Å². The van der Waals surface area contributed by atoms with Gasteiger partial charge in [0.25, 0.3) is 0 Å². The Balaban J connectivity index is 1.83. The fraction of sp³-hybridized carbons (Fsp3) is 0.846. The smallest absolute Gasteiger partial charge is 0.408 e. The van der Waals surface area contributed by atoms with Crippen LogP contribution in [-0.2, 0) is 4.79 Å². The lowest BCUT2D eigenvalue weighted by Gasteiger charge is -2.21. The van der Waals surface area contributed by atoms with E-state index in [-0.39, 0.29) is 12.5 Å². The minimum Gasteiger partial charge on any atom is -0.480 e. The van der Waals surface area contributed by atoms with E-state index in [1.54, 1.807) is 0 Å². The summed E-state index contributed by atoms with van der Waals surface area (Å²) in [5.74, 6) is -1.19. The quantitative estimate of drug-likeness (QED) is 0.671. The molecule has 0 aliphatic carbocycles. The molecule has 2 rings (SSSR count). The maximum absolute atomic E-state index is 11.1. The van der Waals surface area contributed by atoms with E-state index in [4.69, 9.17) is 10.2 Å². The maximum Gasteiger partial charge on any atom is 0.408 e. The summed E-state index contributed by atoms with van der Waals surface area (Å²) >= 11 is 0. The predicted molar refractivity (Wildman–Crippen MR) is 70.6 cm³/mol. The van der Waals surface area contributed by atoms with Gasteiger partial charge in [-0.2, -0.15) is 0 Å². The van der Waals surface area contributed by atoms with Gasteiger partial charge in [-0.1, -0.05) is 0 Å². The van der Waals surface area contributed by atoms with E-state index in [1.165, 1.54) is 0 Å². The number of likely N-dealkylation sites (tertiary alicyclic amines) is 2. The van der Waals surface area contributed by atoms with Crippen molar-refractivity contribution in [1.29, 1.82) is 0 Å². The number of carbonyl (C=O) groups is 2. The van der Waals surface area contributed by atoms with Crippen LogP contribution in [0.4, 0.5) is 4.79 Å². The molecule has 0 aromatic rings. The lowest BCUT2D eigenvalue weighted by atomic mass is 9.98. The highest BCUT2D eigenvalue weighted by atomic mass is 16.4. The van der Waals surface area contributed by atoms with Crippen LogP contribution in [0.5, 0.6) is 0 Å². The Morgan fingerprint density at radius 1 is 1.20 bits per heavy atom. The average molecular weight is 286 g/mol. The van der Waals surface area contributed by atoms with Gasteiger partial charge in [-0.25, -0.2) is 9.59 Å². The summed E-state index contributed by atoms with van der Waals surface area (Å²) in [7, 11) is 0. The minimum atomic E-state index is -1.20. The molecule has 2 aliphatic rings. The van der Waals surface area contributed by atoms with Crippen LogP contribution < -0.4 is 0 Å². The van der Waals surface area contributed by atoms with Crippen LogP contribution in [0.2, 0.25) is 0 Å². The zero-order valence-corrected chi connectivity index (χ0v) is 11.4. The Labute approximate surface area is 117 Å². The molecule has 0 aromatic carbocycles. The number of nitrogens with zero attached hydrogens (tertiary/aromatic N) is 2. The second kappa shape index (κ2) is 6.41. The maximum atomic E-state index is 11.1. The Hall–Kier alpha value is -1.34. The number of rotatable bonds is 5. The number of carboxylic acids is 1. The van der Waals surface area contributed by atoms with Gasteiger partial charge in [-0.05, 0) is 44.7 Å². The van der Waals surface area contributed by atoms with E-state index in [0.717, 1.165) is 30.8 Å². The molecule has 7 heteroatoms. The van der Waals surface area contributed by atoms with Crippen LogP contribution >= 0.6 is 0 Å². The first-order chi connectivity index (χ1) is 9.47. The SMILES string of the molecule is O=C(O)[C@H]1C[C@H](CC(O)CN2CCCC2)CN1C(=O)O. The van der Waals surface area contributed by atoms with Crippen LogP contribution in [-0.4, -0.2) is 75.5 Å². The van der Waals surface area contributed by atoms with Crippen molar-refractivity contribution in [3.8, 4) is 0 Å². The van der Waals surface area contributed by atoms with Crippen molar-refractivity contribution < 1.29 is 24.9 Å². The number of aliphatic hydroxyl groups excluding tert-OH is 1. The topological polar surface area (TPSA) is 101 Å². The van der Waals surface area contributed by atoms with Crippen molar-refractivity contribution in [2.75, 3.05) is 26.2 Å². The highest BCUT2D eigenvalue weighted by Crippen LogP contribution is 2.27. The lowest BCUT2D eigenvalue weighted by Crippen LogP contribution is -2.39. The number of β-amino-alcohol motifs (C(OH)–C–C–N with tert-alkyl or cyclic N) is 1. The fourth-order valence-electron chi connectivity index (χ4n) is 3.26. The molecule has 3 atom stereocenters. The van der Waals surface area contributed by atoms with Gasteiger partial charge in [0.15, 0.2) is 0 Å². The molecule has 2 aliphatic heterocycles. The second-order valence-electron chi connectivity index (χ2n) is 5.79. The van der Waals surface area contributed by atoms with Crippen LogP contribution in [0.1, 0.15) is 25.7 Å². The summed E-state index contributed by atoms with van der Waals surface area (Å²) in [5.41, 5.74) is 0. The van der Waals surface area contributed by atoms with Crippen molar-refractivity contribution in [3.05, 3.63) is 0 Å². The van der Waals surface area contributed by atoms with Crippen LogP contribution in [0.3, 0.4) is 0 Å². The average Bonchev–Trinajstić information content (AvgIpc) is 2.97. The third-order valence-corrected chi connectivity index (χ3v) is 4.19. The molecule has 0 saturated carbocycles. The monoisotopic (exact) mass is 286 g/mol. The zero-order valence-electron chi connectivity index (χ0n) is 11.4. The highest BCUT2D eigenvalue weighted by Gasteiger charge is 2.40. The first kappa shape index (κ1) is 15.1. The van der Waals surface area contributed by atoms with Crippen molar-refractivity contribution in [2.45, 2.75) is 37.8 Å². The number of aliphatic hydroxyl groups is 1. The molecule has 2 fully saturated rings. The molecule has 2 saturated heterocycles. The largest absolute Gasteiger partial charge is 0.480 e. The van der Waals surface area contributed by atoms with E-state index in [2.05, 4.69) is 4.90 Å². The summed E-state index contributed by atoms with van der Waals surface area (Å²) in [6.07, 6.45) is 1.35. The van der Waals surface area contributed by atoms with Crippen molar-refractivity contribution in [3.63, 3.8) is 0 Å². The molecule has 0 bridgehead atoms. The molecular formula is C13H22N2O5. The van der Waals surface area contributed by atoms with Crippen molar-refractivity contribution >= 4 is 12.1 Å². The van der Waals surface area contributed by atoms with E-state index in [0.29, 0.717) is 19.4 Å². The molecule has 1 amide bonds. The third kappa shape index (κ3) is 3.61. The number of aliphatic carboxylic acids is 1. The van der Waals surface area contributed by atoms with Crippen molar-refractivity contribution in [2.24, 2.45) is 5.92 Å². The summed E-state index contributed by atoms with van der Waals surface area (Å²) in [6.45, 7) is 2.80. The first-order valence-electron chi connectivity index (χ1n) is 7.10. The standard InChI is InChI=1S/C13H22N2O5/c16-10(8-14-3-1-2-4-14)5-9-6-11(12(17)18)15(7-9)13(19)20/h9-11,16H,1-8H2,(H,17,18)(H,19,20)/t9-,10?,11+/m0/s1. The molecule has 1 unspecified atom stereocenters. The van der Waals surface area contributed by atoms with Gasteiger partial charge in [-0.3, -0.25) is 4.90 Å². The van der Waals surface area contributed by atoms with Gasteiger partial charge in [0.1, 0.15) is 6.04 Å². The molecule has 2 heterocycles. The normalized spacial score (nSPS) is 28.8. The Bertz CT molecular complexity index is 348. The van der Waals surface area contributed by atoms with Gasteiger partial charge in [0.05, 0.1) is 6.10 Å². The number of hydrogen-bond acceptors (Lipinski definition) is 4.